The fraction of sp³-hybridized carbons (Fsp3) is 0.467. The first kappa shape index (κ1) is 17.5. The van der Waals surface area contributed by atoms with Crippen molar-refractivity contribution in [3.63, 3.8) is 0 Å². The van der Waals surface area contributed by atoms with Crippen molar-refractivity contribution in [1.29, 1.82) is 0 Å². The fourth-order valence-corrected chi connectivity index (χ4v) is 2.11. The Morgan fingerprint density at radius 3 is 2.76 bits per heavy atom. The van der Waals surface area contributed by atoms with E-state index >= 15 is 0 Å². The van der Waals surface area contributed by atoms with E-state index in [-0.39, 0.29) is 18.9 Å². The summed E-state index contributed by atoms with van der Waals surface area (Å²) in [5.74, 6) is -0.945. The summed E-state index contributed by atoms with van der Waals surface area (Å²) < 4.78 is 0. The van der Waals surface area contributed by atoms with E-state index in [2.05, 4.69) is 5.32 Å². The van der Waals surface area contributed by atoms with Gasteiger partial charge in [-0.1, -0.05) is 30.7 Å². The molecule has 0 aliphatic heterocycles. The van der Waals surface area contributed by atoms with Crippen molar-refractivity contribution in [2.45, 2.75) is 19.8 Å². The first-order valence-corrected chi connectivity index (χ1v) is 7.34. The summed E-state index contributed by atoms with van der Waals surface area (Å²) in [6.45, 7) is 3.69. The molecule has 6 heteroatoms. The van der Waals surface area contributed by atoms with Gasteiger partial charge in [-0.25, -0.2) is 0 Å². The summed E-state index contributed by atoms with van der Waals surface area (Å²) in [7, 11) is 0. The molecule has 0 saturated heterocycles. The second-order valence-electron chi connectivity index (χ2n) is 4.74. The third-order valence-electron chi connectivity index (χ3n) is 3.08. The molecule has 0 heterocycles. The molecule has 0 fully saturated rings. The molecule has 1 aromatic carbocycles. The van der Waals surface area contributed by atoms with Gasteiger partial charge < -0.3 is 10.4 Å². The van der Waals surface area contributed by atoms with Gasteiger partial charge in [0.05, 0.1) is 13.0 Å². The number of carboxylic acids is 1. The van der Waals surface area contributed by atoms with Gasteiger partial charge in [-0.15, -0.1) is 0 Å². The van der Waals surface area contributed by atoms with Gasteiger partial charge in [-0.05, 0) is 30.7 Å². The molecule has 1 aromatic rings. The van der Waals surface area contributed by atoms with E-state index in [4.69, 9.17) is 16.7 Å². The number of likely N-dealkylation sites (N-methyl/N-ethyl adjacent to an activating group) is 1. The quantitative estimate of drug-likeness (QED) is 0.729. The molecular formula is C15H21ClN2O3. The highest BCUT2D eigenvalue weighted by Crippen LogP contribution is 2.10. The third-order valence-corrected chi connectivity index (χ3v) is 3.32. The van der Waals surface area contributed by atoms with Crippen LogP contribution in [0.3, 0.4) is 0 Å². The van der Waals surface area contributed by atoms with Crippen molar-refractivity contribution in [3.8, 4) is 0 Å². The summed E-state index contributed by atoms with van der Waals surface area (Å²) in [6, 6.07) is 7.53. The van der Waals surface area contributed by atoms with Gasteiger partial charge in [-0.3, -0.25) is 14.5 Å². The number of carboxylic acid groups (broad SMARTS) is 1. The van der Waals surface area contributed by atoms with Crippen LogP contribution in [0.1, 0.15) is 18.9 Å². The number of rotatable bonds is 9. The van der Waals surface area contributed by atoms with E-state index in [1.165, 1.54) is 0 Å². The van der Waals surface area contributed by atoms with Gasteiger partial charge in [0, 0.05) is 18.1 Å². The summed E-state index contributed by atoms with van der Waals surface area (Å²) in [5, 5.41) is 12.2. The summed E-state index contributed by atoms with van der Waals surface area (Å²) in [6.07, 6.45) is 0.761. The average Bonchev–Trinajstić information content (AvgIpc) is 2.43. The topological polar surface area (TPSA) is 69.6 Å². The first-order valence-electron chi connectivity index (χ1n) is 6.96. The number of carbonyl (C=O) groups excluding carboxylic acids is 1. The van der Waals surface area contributed by atoms with Gasteiger partial charge in [0.1, 0.15) is 0 Å². The monoisotopic (exact) mass is 312 g/mol. The molecule has 1 amide bonds. The third kappa shape index (κ3) is 7.68. The highest BCUT2D eigenvalue weighted by atomic mass is 35.5. The number of aliphatic carboxylic acids is 1. The Morgan fingerprint density at radius 2 is 2.14 bits per heavy atom. The van der Waals surface area contributed by atoms with Crippen LogP contribution < -0.4 is 5.32 Å². The molecule has 0 bridgehead atoms. The van der Waals surface area contributed by atoms with Crippen LogP contribution in [0.4, 0.5) is 0 Å². The lowest BCUT2D eigenvalue weighted by atomic mass is 10.1. The Kier molecular flexibility index (Phi) is 7.79. The summed E-state index contributed by atoms with van der Waals surface area (Å²) >= 11 is 5.89. The van der Waals surface area contributed by atoms with Crippen LogP contribution in [0, 0.1) is 0 Å². The van der Waals surface area contributed by atoms with Crippen LogP contribution >= 0.6 is 11.6 Å². The highest BCUT2D eigenvalue weighted by Gasteiger charge is 2.10. The number of hydrogen-bond acceptors (Lipinski definition) is 3. The summed E-state index contributed by atoms with van der Waals surface area (Å²) in [4.78, 5) is 24.1. The van der Waals surface area contributed by atoms with Gasteiger partial charge in [0.15, 0.2) is 0 Å². The number of nitrogens with zero attached hydrogens (tertiary/aromatic N) is 1. The zero-order chi connectivity index (χ0) is 15.7. The van der Waals surface area contributed by atoms with Gasteiger partial charge >= 0.3 is 5.97 Å². The number of benzene rings is 1. The molecule has 0 spiro atoms. The lowest BCUT2D eigenvalue weighted by molar-refractivity contribution is -0.137. The fourth-order valence-electron chi connectivity index (χ4n) is 1.90. The molecule has 1 rings (SSSR count). The Labute approximate surface area is 129 Å². The predicted molar refractivity (Wildman–Crippen MR) is 82.5 cm³/mol. The Hall–Kier alpha value is -1.59. The minimum Gasteiger partial charge on any atom is -0.481 e. The number of halogens is 1. The lowest BCUT2D eigenvalue weighted by Gasteiger charge is -2.18. The van der Waals surface area contributed by atoms with E-state index in [1.54, 1.807) is 0 Å². The standard InChI is InChI=1S/C15H21ClN2O3/c1-2-18(9-7-15(20)21)11-14(19)17-8-6-12-4-3-5-13(16)10-12/h3-5,10H,2,6-9,11H2,1H3,(H,17,19)(H,20,21). The van der Waals surface area contributed by atoms with Crippen molar-refractivity contribution in [1.82, 2.24) is 10.2 Å². The van der Waals surface area contributed by atoms with Gasteiger partial charge in [0.2, 0.25) is 5.91 Å². The molecule has 2 N–H and O–H groups in total. The van der Waals surface area contributed by atoms with Crippen LogP contribution in [0.15, 0.2) is 24.3 Å². The SMILES string of the molecule is CCN(CCC(=O)O)CC(=O)NCCc1cccc(Cl)c1. The van der Waals surface area contributed by atoms with Crippen LogP contribution in [0.2, 0.25) is 5.02 Å². The number of carbonyl (C=O) groups is 2. The van der Waals surface area contributed by atoms with Crippen molar-refractivity contribution in [2.75, 3.05) is 26.2 Å². The molecule has 116 valence electrons. The molecule has 5 nitrogen and oxygen atoms in total. The Morgan fingerprint density at radius 1 is 1.38 bits per heavy atom. The normalized spacial score (nSPS) is 10.6. The number of hydrogen-bond donors (Lipinski definition) is 2. The minimum absolute atomic E-state index is 0.0453. The summed E-state index contributed by atoms with van der Waals surface area (Å²) in [5.41, 5.74) is 1.07. The predicted octanol–water partition coefficient (Wildman–Crippen LogP) is 1.80. The molecule has 0 radical (unpaired) electrons. The van der Waals surface area contributed by atoms with E-state index in [1.807, 2.05) is 36.1 Å². The molecule has 21 heavy (non-hydrogen) atoms. The average molecular weight is 313 g/mol. The van der Waals surface area contributed by atoms with Crippen LogP contribution in [-0.2, 0) is 16.0 Å². The number of nitrogens with one attached hydrogen (secondary N) is 1. The second-order valence-corrected chi connectivity index (χ2v) is 5.18. The molecule has 0 saturated carbocycles. The molecule has 0 aromatic heterocycles. The number of amides is 1. The van der Waals surface area contributed by atoms with E-state index in [0.717, 1.165) is 5.56 Å². The Bertz CT molecular complexity index is 480. The molecule has 0 atom stereocenters. The van der Waals surface area contributed by atoms with Crippen molar-refractivity contribution < 1.29 is 14.7 Å². The van der Waals surface area contributed by atoms with Gasteiger partial charge in [-0.2, -0.15) is 0 Å². The molecule has 0 aliphatic rings. The van der Waals surface area contributed by atoms with Crippen LogP contribution in [0.25, 0.3) is 0 Å². The van der Waals surface area contributed by atoms with Crippen molar-refractivity contribution in [2.24, 2.45) is 0 Å². The van der Waals surface area contributed by atoms with Crippen molar-refractivity contribution in [3.05, 3.63) is 34.9 Å². The zero-order valence-corrected chi connectivity index (χ0v) is 12.9. The second kappa shape index (κ2) is 9.37. The largest absolute Gasteiger partial charge is 0.481 e. The molecule has 0 aliphatic carbocycles. The van der Waals surface area contributed by atoms with Gasteiger partial charge in [0.25, 0.3) is 0 Å². The smallest absolute Gasteiger partial charge is 0.304 e. The first-order chi connectivity index (χ1) is 10.0. The zero-order valence-electron chi connectivity index (χ0n) is 12.1. The van der Waals surface area contributed by atoms with E-state index < -0.39 is 5.97 Å². The maximum atomic E-state index is 11.8. The van der Waals surface area contributed by atoms with Crippen LogP contribution in [-0.4, -0.2) is 48.1 Å². The Balaban J connectivity index is 2.28. The lowest BCUT2D eigenvalue weighted by Crippen LogP contribution is -2.38. The van der Waals surface area contributed by atoms with E-state index in [9.17, 15) is 9.59 Å². The van der Waals surface area contributed by atoms with E-state index in [0.29, 0.717) is 31.1 Å². The maximum Gasteiger partial charge on any atom is 0.304 e. The molecular weight excluding hydrogens is 292 g/mol. The van der Waals surface area contributed by atoms with Crippen LogP contribution in [0.5, 0.6) is 0 Å². The minimum atomic E-state index is -0.852. The molecule has 0 unspecified atom stereocenters. The van der Waals surface area contributed by atoms with Crippen molar-refractivity contribution >= 4 is 23.5 Å². The maximum absolute atomic E-state index is 11.8. The highest BCUT2D eigenvalue weighted by molar-refractivity contribution is 6.30.